The van der Waals surface area contributed by atoms with Crippen LogP contribution in [0.2, 0.25) is 0 Å². The number of alkyl halides is 3. The number of benzene rings is 1. The molecule has 1 unspecified atom stereocenters. The summed E-state index contributed by atoms with van der Waals surface area (Å²) >= 11 is 0. The van der Waals surface area contributed by atoms with E-state index in [9.17, 15) is 13.2 Å². The van der Waals surface area contributed by atoms with Crippen LogP contribution in [0, 0.1) is 6.92 Å². The summed E-state index contributed by atoms with van der Waals surface area (Å²) in [4.78, 5) is 4.15. The normalized spacial score (nSPS) is 19.0. The number of halogens is 3. The van der Waals surface area contributed by atoms with Gasteiger partial charge in [0.2, 0.25) is 0 Å². The highest BCUT2D eigenvalue weighted by Gasteiger charge is 2.45. The van der Waals surface area contributed by atoms with Gasteiger partial charge in [0, 0.05) is 31.0 Å². The van der Waals surface area contributed by atoms with E-state index in [-0.39, 0.29) is 0 Å². The first-order valence-electron chi connectivity index (χ1n) is 8.78. The van der Waals surface area contributed by atoms with E-state index in [2.05, 4.69) is 15.4 Å². The second-order valence-corrected chi connectivity index (χ2v) is 6.78. The minimum atomic E-state index is -4.49. The summed E-state index contributed by atoms with van der Waals surface area (Å²) in [7, 11) is 0. The zero-order chi connectivity index (χ0) is 19.2. The number of anilines is 1. The third-order valence-electron chi connectivity index (χ3n) is 5.11. The maximum atomic E-state index is 13.4. The maximum absolute atomic E-state index is 13.4. The van der Waals surface area contributed by atoms with Crippen LogP contribution in [0.25, 0.3) is 0 Å². The van der Waals surface area contributed by atoms with E-state index in [4.69, 9.17) is 0 Å². The third-order valence-corrected chi connectivity index (χ3v) is 5.11. The molecule has 3 heterocycles. The SMILES string of the molecule is CCn1nc(C(F)(F)F)cc1C1(c2ccncc2C)Cc2ccccc2N1. The minimum Gasteiger partial charge on any atom is -0.370 e. The van der Waals surface area contributed by atoms with Gasteiger partial charge in [-0.15, -0.1) is 0 Å². The van der Waals surface area contributed by atoms with Crippen molar-refractivity contribution in [3.05, 3.63) is 76.9 Å². The lowest BCUT2D eigenvalue weighted by molar-refractivity contribution is -0.141. The van der Waals surface area contributed by atoms with Gasteiger partial charge < -0.3 is 5.32 Å². The second-order valence-electron chi connectivity index (χ2n) is 6.78. The van der Waals surface area contributed by atoms with Crippen LogP contribution in [0.5, 0.6) is 0 Å². The summed E-state index contributed by atoms with van der Waals surface area (Å²) < 4.78 is 41.5. The van der Waals surface area contributed by atoms with Gasteiger partial charge in [0.05, 0.1) is 5.69 Å². The molecule has 2 aromatic heterocycles. The molecule has 0 bridgehead atoms. The number of hydrogen-bond acceptors (Lipinski definition) is 3. The molecule has 4 rings (SSSR count). The van der Waals surface area contributed by atoms with E-state index < -0.39 is 17.4 Å². The number of hydrogen-bond donors (Lipinski definition) is 1. The molecule has 0 radical (unpaired) electrons. The van der Waals surface area contributed by atoms with Crippen LogP contribution in [-0.2, 0) is 24.7 Å². The topological polar surface area (TPSA) is 42.7 Å². The lowest BCUT2D eigenvalue weighted by Crippen LogP contribution is -2.38. The molecule has 1 aromatic carbocycles. The first kappa shape index (κ1) is 17.6. The van der Waals surface area contributed by atoms with Gasteiger partial charge in [-0.25, -0.2) is 0 Å². The Hall–Kier alpha value is -2.83. The average molecular weight is 372 g/mol. The number of rotatable bonds is 3. The fraction of sp³-hybridized carbons (Fsp3) is 0.300. The molecule has 1 atom stereocenters. The Kier molecular flexibility index (Phi) is 3.98. The Balaban J connectivity index is 1.97. The molecular formula is C20H19F3N4. The smallest absolute Gasteiger partial charge is 0.370 e. The standard InChI is InChI=1S/C20H19F3N4/c1-3-27-18(10-17(26-27)20(21,22)23)19(15-8-9-24-12-13(15)2)11-14-6-4-5-7-16(14)25-19/h4-10,12,25H,3,11H2,1-2H3. The Morgan fingerprint density at radius 2 is 2.00 bits per heavy atom. The predicted molar refractivity (Wildman–Crippen MR) is 96.4 cm³/mol. The number of nitrogens with zero attached hydrogens (tertiary/aromatic N) is 3. The molecule has 140 valence electrons. The predicted octanol–water partition coefficient (Wildman–Crippen LogP) is 4.54. The van der Waals surface area contributed by atoms with E-state index in [1.807, 2.05) is 37.3 Å². The van der Waals surface area contributed by atoms with Crippen molar-refractivity contribution < 1.29 is 13.2 Å². The van der Waals surface area contributed by atoms with Gasteiger partial charge in [0.25, 0.3) is 0 Å². The van der Waals surface area contributed by atoms with Gasteiger partial charge in [0.1, 0.15) is 5.54 Å². The van der Waals surface area contributed by atoms with Crippen LogP contribution >= 0.6 is 0 Å². The zero-order valence-corrected chi connectivity index (χ0v) is 15.0. The number of para-hydroxylation sites is 1. The van der Waals surface area contributed by atoms with Gasteiger partial charge >= 0.3 is 6.18 Å². The van der Waals surface area contributed by atoms with Crippen LogP contribution in [-0.4, -0.2) is 14.8 Å². The molecule has 7 heteroatoms. The van der Waals surface area contributed by atoms with Crippen molar-refractivity contribution >= 4 is 5.69 Å². The van der Waals surface area contributed by atoms with E-state index in [0.29, 0.717) is 18.7 Å². The van der Waals surface area contributed by atoms with Crippen LogP contribution in [0.3, 0.4) is 0 Å². The highest BCUT2D eigenvalue weighted by atomic mass is 19.4. The molecule has 1 aliphatic rings. The van der Waals surface area contributed by atoms with E-state index >= 15 is 0 Å². The van der Waals surface area contributed by atoms with E-state index in [0.717, 1.165) is 22.4 Å². The number of nitrogens with one attached hydrogen (secondary N) is 1. The Morgan fingerprint density at radius 1 is 1.22 bits per heavy atom. The summed E-state index contributed by atoms with van der Waals surface area (Å²) in [5, 5.41) is 7.35. The molecule has 3 aromatic rings. The fourth-order valence-electron chi connectivity index (χ4n) is 3.90. The lowest BCUT2D eigenvalue weighted by Gasteiger charge is -2.32. The minimum absolute atomic E-state index is 0.343. The Bertz CT molecular complexity index is 966. The van der Waals surface area contributed by atoms with Crippen molar-refractivity contribution in [1.82, 2.24) is 14.8 Å². The number of aryl methyl sites for hydroxylation is 2. The monoisotopic (exact) mass is 372 g/mol. The van der Waals surface area contributed by atoms with Gasteiger partial charge in [-0.2, -0.15) is 18.3 Å². The van der Waals surface area contributed by atoms with Gasteiger partial charge in [0.15, 0.2) is 5.69 Å². The van der Waals surface area contributed by atoms with Gasteiger partial charge in [-0.3, -0.25) is 9.67 Å². The quantitative estimate of drug-likeness (QED) is 0.734. The summed E-state index contributed by atoms with van der Waals surface area (Å²) in [6, 6.07) is 10.8. The molecule has 0 aliphatic carbocycles. The fourth-order valence-corrected chi connectivity index (χ4v) is 3.90. The van der Waals surface area contributed by atoms with Crippen LogP contribution < -0.4 is 5.32 Å². The molecule has 1 N–H and O–H groups in total. The molecule has 1 aliphatic heterocycles. The summed E-state index contributed by atoms with van der Waals surface area (Å²) in [6.45, 7) is 4.06. The van der Waals surface area contributed by atoms with Crippen molar-refractivity contribution in [3.8, 4) is 0 Å². The maximum Gasteiger partial charge on any atom is 0.435 e. The molecule has 27 heavy (non-hydrogen) atoms. The van der Waals surface area contributed by atoms with Gasteiger partial charge in [-0.05, 0) is 48.7 Å². The molecule has 0 saturated heterocycles. The van der Waals surface area contributed by atoms with Crippen LogP contribution in [0.15, 0.2) is 48.8 Å². The highest BCUT2D eigenvalue weighted by molar-refractivity contribution is 5.64. The van der Waals surface area contributed by atoms with Gasteiger partial charge in [-0.1, -0.05) is 18.2 Å². The largest absolute Gasteiger partial charge is 0.435 e. The number of fused-ring (bicyclic) bond motifs is 1. The summed E-state index contributed by atoms with van der Waals surface area (Å²) in [6.07, 6.45) is -0.544. The van der Waals surface area contributed by atoms with Crippen molar-refractivity contribution in [2.75, 3.05) is 5.32 Å². The zero-order valence-electron chi connectivity index (χ0n) is 15.0. The van der Waals surface area contributed by atoms with E-state index in [1.54, 1.807) is 19.3 Å². The van der Waals surface area contributed by atoms with Crippen molar-refractivity contribution in [3.63, 3.8) is 0 Å². The first-order valence-corrected chi connectivity index (χ1v) is 8.78. The first-order chi connectivity index (χ1) is 12.8. The highest BCUT2D eigenvalue weighted by Crippen LogP contribution is 2.45. The molecule has 0 fully saturated rings. The third kappa shape index (κ3) is 2.78. The molecular weight excluding hydrogens is 353 g/mol. The molecule has 0 spiro atoms. The van der Waals surface area contributed by atoms with E-state index in [1.165, 1.54) is 10.7 Å². The average Bonchev–Trinajstić information content (AvgIpc) is 3.24. The number of aromatic nitrogens is 3. The summed E-state index contributed by atoms with van der Waals surface area (Å²) in [5.74, 6) is 0. The molecule has 0 amide bonds. The van der Waals surface area contributed by atoms with Crippen molar-refractivity contribution in [2.45, 2.75) is 38.5 Å². The summed E-state index contributed by atoms with van der Waals surface area (Å²) in [5.41, 5.74) is 2.60. The van der Waals surface area contributed by atoms with Crippen LogP contribution in [0.1, 0.15) is 35.0 Å². The number of pyridine rings is 1. The molecule has 4 nitrogen and oxygen atoms in total. The Morgan fingerprint density at radius 3 is 2.67 bits per heavy atom. The second kappa shape index (κ2) is 6.11. The van der Waals surface area contributed by atoms with Crippen molar-refractivity contribution in [1.29, 1.82) is 0 Å². The van der Waals surface area contributed by atoms with Crippen molar-refractivity contribution in [2.24, 2.45) is 0 Å². The lowest BCUT2D eigenvalue weighted by atomic mass is 9.82. The molecule has 0 saturated carbocycles. The van der Waals surface area contributed by atoms with Crippen LogP contribution in [0.4, 0.5) is 18.9 Å². The Labute approximate surface area is 155 Å².